The summed E-state index contributed by atoms with van der Waals surface area (Å²) in [5.74, 6) is -2.58. The van der Waals surface area contributed by atoms with Crippen molar-refractivity contribution in [3.8, 4) is 17.4 Å². The molecule has 0 spiro atoms. The average molecular weight is 478 g/mol. The number of hydrogen-bond acceptors (Lipinski definition) is 8. The van der Waals surface area contributed by atoms with E-state index in [2.05, 4.69) is 4.98 Å². The molecule has 0 fully saturated rings. The molecule has 0 bridgehead atoms. The number of ether oxygens (including phenoxy) is 1. The van der Waals surface area contributed by atoms with Crippen molar-refractivity contribution in [1.29, 1.82) is 5.26 Å². The summed E-state index contributed by atoms with van der Waals surface area (Å²) in [6.45, 7) is -0.611. The Hall–Kier alpha value is -4.52. The highest BCUT2D eigenvalue weighted by Gasteiger charge is 2.31. The first-order chi connectivity index (χ1) is 16.8. The van der Waals surface area contributed by atoms with E-state index >= 15 is 0 Å². The fourth-order valence-electron chi connectivity index (χ4n) is 3.83. The number of fused-ring (bicyclic) bond motifs is 1. The molecule has 178 valence electrons. The van der Waals surface area contributed by atoms with Crippen LogP contribution in [0.5, 0.6) is 0 Å². The zero-order valence-electron chi connectivity index (χ0n) is 18.9. The Morgan fingerprint density at radius 1 is 1.06 bits per heavy atom. The molecule has 4 rings (SSSR count). The quantitative estimate of drug-likeness (QED) is 0.286. The molecule has 2 heterocycles. The molecule has 0 radical (unpaired) electrons. The Kier molecular flexibility index (Phi) is 6.59. The largest absolute Gasteiger partial charge is 0.457 e. The van der Waals surface area contributed by atoms with Crippen LogP contribution in [-0.2, 0) is 20.7 Å². The molecule has 0 amide bonds. The Balaban J connectivity index is 1.36. The highest BCUT2D eigenvalue weighted by Crippen LogP contribution is 2.40. The minimum absolute atomic E-state index is 0.00389. The van der Waals surface area contributed by atoms with Gasteiger partial charge in [-0.2, -0.15) is 5.26 Å². The van der Waals surface area contributed by atoms with E-state index in [1.165, 1.54) is 12.3 Å². The van der Waals surface area contributed by atoms with Gasteiger partial charge in [0.15, 0.2) is 18.3 Å². The standard InChI is InChI=1S/C25H20F2N4O4/c1-30-18-8-3-4-9-19(18)31(2)25(30)15(12-28)20(32)14-34-23(33)11-10-22-29-13-21(35-22)24-16(26)6-5-7-17(24)27/h3-9,13H,10-11,14H2,1-2H3. The molecule has 0 atom stereocenters. The molecule has 0 saturated heterocycles. The number of aryl methyl sites for hydroxylation is 1. The van der Waals surface area contributed by atoms with E-state index in [4.69, 9.17) is 9.15 Å². The second-order valence-electron chi connectivity index (χ2n) is 7.72. The molecule has 8 nitrogen and oxygen atoms in total. The number of benzene rings is 2. The van der Waals surface area contributed by atoms with Crippen molar-refractivity contribution in [1.82, 2.24) is 4.98 Å². The van der Waals surface area contributed by atoms with Crippen molar-refractivity contribution in [2.45, 2.75) is 12.8 Å². The summed E-state index contributed by atoms with van der Waals surface area (Å²) in [6.07, 6.45) is 0.983. The van der Waals surface area contributed by atoms with Gasteiger partial charge >= 0.3 is 5.97 Å². The van der Waals surface area contributed by atoms with E-state index in [1.54, 1.807) is 23.9 Å². The summed E-state index contributed by atoms with van der Waals surface area (Å²) in [4.78, 5) is 32.2. The van der Waals surface area contributed by atoms with Gasteiger partial charge in [-0.15, -0.1) is 0 Å². The second kappa shape index (κ2) is 9.77. The minimum atomic E-state index is -0.797. The first kappa shape index (κ1) is 23.6. The van der Waals surface area contributed by atoms with Crippen LogP contribution in [0.15, 0.2) is 64.5 Å². The zero-order chi connectivity index (χ0) is 25.1. The normalized spacial score (nSPS) is 12.4. The number of para-hydroxylation sites is 2. The Labute approximate surface area is 199 Å². The van der Waals surface area contributed by atoms with Gasteiger partial charge in [-0.05, 0) is 24.3 Å². The van der Waals surface area contributed by atoms with Gasteiger partial charge in [0, 0.05) is 20.5 Å². The smallest absolute Gasteiger partial charge is 0.306 e. The maximum atomic E-state index is 13.9. The molecule has 0 unspecified atom stereocenters. The predicted octanol–water partition coefficient (Wildman–Crippen LogP) is 3.99. The van der Waals surface area contributed by atoms with Gasteiger partial charge in [0.2, 0.25) is 5.78 Å². The summed E-state index contributed by atoms with van der Waals surface area (Å²) < 4.78 is 38.2. The molecule has 35 heavy (non-hydrogen) atoms. The number of carbonyl (C=O) groups excluding carboxylic acids is 2. The van der Waals surface area contributed by atoms with Crippen molar-refractivity contribution < 1.29 is 27.5 Å². The maximum Gasteiger partial charge on any atom is 0.306 e. The summed E-state index contributed by atoms with van der Waals surface area (Å²) in [5.41, 5.74) is 1.19. The van der Waals surface area contributed by atoms with Crippen LogP contribution in [0.1, 0.15) is 12.3 Å². The lowest BCUT2D eigenvalue weighted by Crippen LogP contribution is -2.27. The van der Waals surface area contributed by atoms with Gasteiger partial charge in [-0.1, -0.05) is 18.2 Å². The van der Waals surface area contributed by atoms with E-state index in [0.29, 0.717) is 5.82 Å². The lowest BCUT2D eigenvalue weighted by molar-refractivity contribution is -0.147. The van der Waals surface area contributed by atoms with Crippen molar-refractivity contribution in [2.24, 2.45) is 0 Å². The molecule has 10 heteroatoms. The van der Waals surface area contributed by atoms with Crippen LogP contribution in [0.4, 0.5) is 20.2 Å². The molecule has 1 aliphatic heterocycles. The van der Waals surface area contributed by atoms with E-state index in [-0.39, 0.29) is 35.6 Å². The van der Waals surface area contributed by atoms with E-state index in [9.17, 15) is 23.6 Å². The number of nitriles is 1. The fraction of sp³-hybridized carbons (Fsp3) is 0.200. The number of nitrogens with zero attached hydrogens (tertiary/aromatic N) is 4. The number of rotatable bonds is 7. The van der Waals surface area contributed by atoms with Gasteiger partial charge in [0.25, 0.3) is 0 Å². The number of esters is 1. The molecule has 2 aromatic carbocycles. The monoisotopic (exact) mass is 478 g/mol. The van der Waals surface area contributed by atoms with Crippen LogP contribution in [0.3, 0.4) is 0 Å². The van der Waals surface area contributed by atoms with Crippen LogP contribution in [0, 0.1) is 23.0 Å². The number of halogens is 2. The van der Waals surface area contributed by atoms with Crippen LogP contribution in [0.25, 0.3) is 11.3 Å². The SMILES string of the molecule is CN1C(=C(C#N)C(=O)COC(=O)CCc2ncc(-c3c(F)cccc3F)o2)N(C)c2ccccc21. The third-order valence-electron chi connectivity index (χ3n) is 5.52. The first-order valence-corrected chi connectivity index (χ1v) is 10.6. The number of ketones is 1. The average Bonchev–Trinajstić information content (AvgIpc) is 3.41. The van der Waals surface area contributed by atoms with Gasteiger partial charge in [-0.3, -0.25) is 9.59 Å². The predicted molar refractivity (Wildman–Crippen MR) is 122 cm³/mol. The van der Waals surface area contributed by atoms with Crippen molar-refractivity contribution >= 4 is 23.1 Å². The molecule has 3 aromatic rings. The van der Waals surface area contributed by atoms with Gasteiger partial charge < -0.3 is 19.0 Å². The first-order valence-electron chi connectivity index (χ1n) is 10.6. The highest BCUT2D eigenvalue weighted by atomic mass is 19.1. The molecule has 0 saturated carbocycles. The summed E-state index contributed by atoms with van der Waals surface area (Å²) in [7, 11) is 3.48. The van der Waals surface area contributed by atoms with Crippen molar-refractivity contribution in [3.63, 3.8) is 0 Å². The van der Waals surface area contributed by atoms with Crippen LogP contribution in [0.2, 0.25) is 0 Å². The van der Waals surface area contributed by atoms with Crippen molar-refractivity contribution in [3.05, 3.63) is 77.6 Å². The minimum Gasteiger partial charge on any atom is -0.457 e. The number of aromatic nitrogens is 1. The Morgan fingerprint density at radius 2 is 1.69 bits per heavy atom. The van der Waals surface area contributed by atoms with E-state index in [1.807, 2.05) is 30.3 Å². The molecular formula is C25H20F2N4O4. The number of hydrogen-bond donors (Lipinski definition) is 0. The summed E-state index contributed by atoms with van der Waals surface area (Å²) in [5, 5.41) is 9.63. The second-order valence-corrected chi connectivity index (χ2v) is 7.72. The molecule has 0 N–H and O–H groups in total. The summed E-state index contributed by atoms with van der Waals surface area (Å²) >= 11 is 0. The zero-order valence-corrected chi connectivity index (χ0v) is 18.9. The summed E-state index contributed by atoms with van der Waals surface area (Å²) in [6, 6.07) is 12.8. The van der Waals surface area contributed by atoms with Crippen LogP contribution < -0.4 is 9.80 Å². The Bertz CT molecular complexity index is 1320. The van der Waals surface area contributed by atoms with Gasteiger partial charge in [0.05, 0.1) is 29.6 Å². The van der Waals surface area contributed by atoms with E-state index < -0.39 is 30.0 Å². The van der Waals surface area contributed by atoms with E-state index in [0.717, 1.165) is 23.5 Å². The van der Waals surface area contributed by atoms with Crippen LogP contribution >= 0.6 is 0 Å². The number of carbonyl (C=O) groups is 2. The maximum absolute atomic E-state index is 13.9. The molecular weight excluding hydrogens is 458 g/mol. The topological polar surface area (TPSA) is 99.7 Å². The third kappa shape index (κ3) is 4.61. The van der Waals surface area contributed by atoms with Crippen molar-refractivity contribution in [2.75, 3.05) is 30.5 Å². The van der Waals surface area contributed by atoms with Gasteiger partial charge in [-0.25, -0.2) is 13.8 Å². The lowest BCUT2D eigenvalue weighted by Gasteiger charge is -2.19. The number of oxazole rings is 1. The Morgan fingerprint density at radius 3 is 2.29 bits per heavy atom. The van der Waals surface area contributed by atoms with Crippen LogP contribution in [-0.4, -0.2) is 37.4 Å². The number of anilines is 2. The third-order valence-corrected chi connectivity index (χ3v) is 5.52. The lowest BCUT2D eigenvalue weighted by atomic mass is 10.1. The van der Waals surface area contributed by atoms with Gasteiger partial charge in [0.1, 0.15) is 29.1 Å². The fourth-order valence-corrected chi connectivity index (χ4v) is 3.83. The molecule has 0 aliphatic carbocycles. The highest BCUT2D eigenvalue weighted by molar-refractivity contribution is 6.03. The molecule has 1 aromatic heterocycles. The molecule has 1 aliphatic rings. The number of Topliss-reactive ketones (excluding diaryl/α,β-unsaturated/α-hetero) is 1.